The zero-order valence-electron chi connectivity index (χ0n) is 15.3. The molecular weight excluding hydrogens is 298 g/mol. The average molecular weight is 329 g/mol. The highest BCUT2D eigenvalue weighted by molar-refractivity contribution is 5.47. The van der Waals surface area contributed by atoms with Crippen LogP contribution in [-0.4, -0.2) is 47.4 Å². The summed E-state index contributed by atoms with van der Waals surface area (Å²) in [5.74, 6) is 0.501. The molecule has 24 heavy (non-hydrogen) atoms. The first-order chi connectivity index (χ1) is 11.4. The lowest BCUT2D eigenvalue weighted by Crippen LogP contribution is -2.56. The third-order valence-corrected chi connectivity index (χ3v) is 8.36. The summed E-state index contributed by atoms with van der Waals surface area (Å²) in [4.78, 5) is 2.36. The lowest BCUT2D eigenvalue weighted by Gasteiger charge is -2.55. The van der Waals surface area contributed by atoms with Crippen molar-refractivity contribution in [2.45, 2.75) is 81.6 Å². The number of hydrogen-bond acceptors (Lipinski definition) is 3. The summed E-state index contributed by atoms with van der Waals surface area (Å²) in [7, 11) is 4.39. The molecule has 0 aromatic heterocycles. The molecule has 0 unspecified atom stereocenters. The molecule has 3 heteroatoms. The highest BCUT2D eigenvalue weighted by Gasteiger charge is 2.66. The first-order valence-electron chi connectivity index (χ1n) is 9.86. The van der Waals surface area contributed by atoms with Gasteiger partial charge in [0.05, 0.1) is 17.3 Å². The number of aliphatic hydroxyl groups is 1. The maximum Gasteiger partial charge on any atom is 0.0956 e. The van der Waals surface area contributed by atoms with Crippen LogP contribution in [0.25, 0.3) is 0 Å². The molecule has 0 amide bonds. The van der Waals surface area contributed by atoms with Crippen LogP contribution in [0.15, 0.2) is 23.3 Å². The van der Waals surface area contributed by atoms with Crippen LogP contribution in [0.2, 0.25) is 0 Å². The van der Waals surface area contributed by atoms with Gasteiger partial charge in [-0.15, -0.1) is 0 Å². The third-order valence-electron chi connectivity index (χ3n) is 8.36. The number of fused-ring (bicyclic) bond motifs is 1. The van der Waals surface area contributed by atoms with Crippen LogP contribution in [0.1, 0.15) is 58.3 Å². The summed E-state index contributed by atoms with van der Waals surface area (Å²) in [6.07, 6.45) is 13.7. The van der Waals surface area contributed by atoms with Gasteiger partial charge in [-0.25, -0.2) is 0 Å². The minimum atomic E-state index is -0.142. The van der Waals surface area contributed by atoms with Crippen molar-refractivity contribution >= 4 is 0 Å². The number of ether oxygens (including phenoxy) is 1. The summed E-state index contributed by atoms with van der Waals surface area (Å²) < 4.78 is 7.11. The van der Waals surface area contributed by atoms with Gasteiger partial charge in [-0.3, -0.25) is 0 Å². The van der Waals surface area contributed by atoms with Gasteiger partial charge in [0.25, 0.3) is 0 Å². The predicted octanol–water partition coefficient (Wildman–Crippen LogP) is 3.44. The molecule has 2 bridgehead atoms. The summed E-state index contributed by atoms with van der Waals surface area (Å²) in [5.41, 5.74) is 2.94. The van der Waals surface area contributed by atoms with Gasteiger partial charge in [0.1, 0.15) is 0 Å². The Morgan fingerprint density at radius 3 is 2.83 bits per heavy atom. The molecule has 1 N–H and O–H groups in total. The van der Waals surface area contributed by atoms with E-state index in [1.54, 1.807) is 5.57 Å². The molecule has 3 aliphatic carbocycles. The van der Waals surface area contributed by atoms with Crippen molar-refractivity contribution in [3.8, 4) is 0 Å². The van der Waals surface area contributed by atoms with E-state index in [2.05, 4.69) is 38.1 Å². The molecule has 5 aliphatic rings. The molecule has 6 atom stereocenters. The molecule has 0 aromatic rings. The minimum Gasteiger partial charge on any atom is -0.393 e. The highest BCUT2D eigenvalue weighted by Crippen LogP contribution is 2.67. The predicted molar refractivity (Wildman–Crippen MR) is 94.7 cm³/mol. The number of aliphatic hydroxyl groups excluding tert-OH is 1. The van der Waals surface area contributed by atoms with Crippen LogP contribution in [-0.2, 0) is 4.74 Å². The van der Waals surface area contributed by atoms with E-state index in [9.17, 15) is 5.11 Å². The van der Waals surface area contributed by atoms with E-state index in [1.165, 1.54) is 5.57 Å². The Kier molecular flexibility index (Phi) is 3.09. The highest BCUT2D eigenvalue weighted by atomic mass is 16.5. The Hall–Kier alpha value is -0.640. The van der Waals surface area contributed by atoms with Gasteiger partial charge in [-0.05, 0) is 87.9 Å². The Labute approximate surface area is 145 Å². The number of hydrogen-bond donors (Lipinski definition) is 1. The maximum atomic E-state index is 10.6. The molecule has 3 fully saturated rings. The maximum absolute atomic E-state index is 10.6. The van der Waals surface area contributed by atoms with Crippen LogP contribution >= 0.6 is 0 Å². The fourth-order valence-electron chi connectivity index (χ4n) is 6.82. The molecule has 2 aliphatic heterocycles. The van der Waals surface area contributed by atoms with Crippen molar-refractivity contribution in [3.05, 3.63) is 23.3 Å². The molecule has 3 nitrogen and oxygen atoms in total. The molecule has 1 saturated heterocycles. The normalized spacial score (nSPS) is 52.5. The molecular formula is C21H31NO2. The Morgan fingerprint density at radius 2 is 2.04 bits per heavy atom. The minimum absolute atomic E-state index is 0.0531. The van der Waals surface area contributed by atoms with Crippen molar-refractivity contribution < 1.29 is 9.84 Å². The van der Waals surface area contributed by atoms with Crippen molar-refractivity contribution in [1.82, 2.24) is 4.90 Å². The second-order valence-corrected chi connectivity index (χ2v) is 9.52. The lowest BCUT2D eigenvalue weighted by atomic mass is 9.58. The summed E-state index contributed by atoms with van der Waals surface area (Å²) in [6, 6.07) is 0.586. The Balaban J connectivity index is 1.59. The van der Waals surface area contributed by atoms with Crippen LogP contribution in [0.3, 0.4) is 0 Å². The molecule has 5 rings (SSSR count). The van der Waals surface area contributed by atoms with Gasteiger partial charge >= 0.3 is 0 Å². The van der Waals surface area contributed by atoms with Crippen LogP contribution in [0.5, 0.6) is 0 Å². The van der Waals surface area contributed by atoms with Gasteiger partial charge < -0.3 is 14.7 Å². The zero-order valence-corrected chi connectivity index (χ0v) is 15.3. The number of rotatable bonds is 1. The summed E-state index contributed by atoms with van der Waals surface area (Å²) in [6.45, 7) is 2.32. The Morgan fingerprint density at radius 1 is 1.21 bits per heavy atom. The second kappa shape index (κ2) is 4.75. The zero-order chi connectivity index (χ0) is 16.7. The lowest BCUT2D eigenvalue weighted by molar-refractivity contribution is -0.153. The van der Waals surface area contributed by atoms with Crippen molar-refractivity contribution in [1.29, 1.82) is 0 Å². The summed E-state index contributed by atoms with van der Waals surface area (Å²) in [5, 5.41) is 10.6. The fourth-order valence-corrected chi connectivity index (χ4v) is 6.82. The second-order valence-electron chi connectivity index (χ2n) is 9.52. The van der Waals surface area contributed by atoms with Crippen LogP contribution in [0.4, 0.5) is 0 Å². The number of nitrogens with zero attached hydrogens (tertiary/aromatic N) is 1. The smallest absolute Gasteiger partial charge is 0.0956 e. The SMILES string of the molecule is CN(C)[C@@H]1CC=C2C=C3CC[C@@]4(C)[C@@H](CC[C@@H]4O)[C@@]34CC[C@]2(C1)O4. The van der Waals surface area contributed by atoms with E-state index < -0.39 is 0 Å². The van der Waals surface area contributed by atoms with Gasteiger partial charge in [-0.2, -0.15) is 0 Å². The fraction of sp³-hybridized carbons (Fsp3) is 0.810. The first-order valence-corrected chi connectivity index (χ1v) is 9.86. The van der Waals surface area contributed by atoms with Crippen molar-refractivity contribution in [2.75, 3.05) is 14.1 Å². The van der Waals surface area contributed by atoms with E-state index in [4.69, 9.17) is 4.74 Å². The van der Waals surface area contributed by atoms with E-state index in [0.717, 1.165) is 51.4 Å². The Bertz CT molecular complexity index is 638. The van der Waals surface area contributed by atoms with E-state index in [0.29, 0.717) is 12.0 Å². The quantitative estimate of drug-likeness (QED) is 0.800. The monoisotopic (exact) mass is 329 g/mol. The van der Waals surface area contributed by atoms with Gasteiger partial charge in [-0.1, -0.05) is 19.1 Å². The van der Waals surface area contributed by atoms with Crippen molar-refractivity contribution in [2.24, 2.45) is 11.3 Å². The van der Waals surface area contributed by atoms with Gasteiger partial charge in [0, 0.05) is 6.04 Å². The van der Waals surface area contributed by atoms with Gasteiger partial charge in [0.2, 0.25) is 0 Å². The molecule has 0 aromatic carbocycles. The molecule has 2 spiro atoms. The van der Waals surface area contributed by atoms with E-state index in [-0.39, 0.29) is 22.7 Å². The molecule has 0 radical (unpaired) electrons. The van der Waals surface area contributed by atoms with Gasteiger partial charge in [0.15, 0.2) is 0 Å². The van der Waals surface area contributed by atoms with Crippen LogP contribution < -0.4 is 0 Å². The standard InChI is InChI=1S/C21H31NO2/c1-19-9-8-15-12-14-4-5-16(22(2)3)13-20(14)10-11-21(15,24-20)17(19)6-7-18(19)23/h4,12,16-18,23H,5-11,13H2,1-3H3/t16-,17-,18+,19+,20-,21-/m1/s1. The van der Waals surface area contributed by atoms with Crippen molar-refractivity contribution in [3.63, 3.8) is 0 Å². The van der Waals surface area contributed by atoms with Crippen LogP contribution in [0, 0.1) is 11.3 Å². The first kappa shape index (κ1) is 15.6. The largest absolute Gasteiger partial charge is 0.393 e. The molecule has 132 valence electrons. The molecule has 2 heterocycles. The summed E-state index contributed by atoms with van der Waals surface area (Å²) >= 11 is 0. The average Bonchev–Trinajstić information content (AvgIpc) is 3.02. The third kappa shape index (κ3) is 1.74. The molecule has 2 saturated carbocycles. The van der Waals surface area contributed by atoms with E-state index in [1.807, 2.05) is 0 Å². The van der Waals surface area contributed by atoms with E-state index >= 15 is 0 Å². The topological polar surface area (TPSA) is 32.7 Å².